The largest absolute Gasteiger partial charge is 0.465 e. The molecule has 4 aromatic rings. The van der Waals surface area contributed by atoms with Crippen LogP contribution < -0.4 is 0 Å². The van der Waals surface area contributed by atoms with Crippen LogP contribution in [0.2, 0.25) is 0 Å². The molecule has 1 saturated heterocycles. The molecule has 5 rings (SSSR count). The highest BCUT2D eigenvalue weighted by Crippen LogP contribution is 2.38. The highest BCUT2D eigenvalue weighted by atomic mass is 16.4. The average molecular weight is 446 g/mol. The van der Waals surface area contributed by atoms with E-state index in [0.717, 1.165) is 47.5 Å². The molecule has 1 fully saturated rings. The third kappa shape index (κ3) is 3.75. The first-order valence-electron chi connectivity index (χ1n) is 11.8. The number of fused-ring (bicyclic) bond motifs is 2. The fourth-order valence-corrected chi connectivity index (χ4v) is 5.27. The molecule has 3 aromatic heterocycles. The van der Waals surface area contributed by atoms with Gasteiger partial charge in [0.1, 0.15) is 5.82 Å². The quantitative estimate of drug-likeness (QED) is 0.420. The van der Waals surface area contributed by atoms with Crippen molar-refractivity contribution in [1.82, 2.24) is 24.5 Å². The van der Waals surface area contributed by atoms with Crippen LogP contribution in [0.1, 0.15) is 68.0 Å². The Morgan fingerprint density at radius 3 is 2.67 bits per heavy atom. The summed E-state index contributed by atoms with van der Waals surface area (Å²) in [7, 11) is 0. The minimum atomic E-state index is -0.813. The second kappa shape index (κ2) is 8.21. The smallest absolute Gasteiger partial charge is 0.407 e. The van der Waals surface area contributed by atoms with Crippen LogP contribution in [0.3, 0.4) is 0 Å². The third-order valence-electron chi connectivity index (χ3n) is 6.96. The number of H-pyrrole nitrogens is 1. The summed E-state index contributed by atoms with van der Waals surface area (Å²) >= 11 is 0. The van der Waals surface area contributed by atoms with Crippen molar-refractivity contribution in [3.05, 3.63) is 53.0 Å². The van der Waals surface area contributed by atoms with E-state index < -0.39 is 6.09 Å². The number of carbonyl (C=O) groups is 1. The molecule has 4 heterocycles. The molecule has 0 atom stereocenters. The molecule has 1 amide bonds. The summed E-state index contributed by atoms with van der Waals surface area (Å²) in [6, 6.07) is 8.95. The molecule has 7 nitrogen and oxygen atoms in total. The van der Waals surface area contributed by atoms with E-state index in [2.05, 4.69) is 66.3 Å². The first-order valence-corrected chi connectivity index (χ1v) is 11.8. The van der Waals surface area contributed by atoms with Gasteiger partial charge in [-0.05, 0) is 72.9 Å². The molecule has 0 saturated carbocycles. The fraction of sp³-hybridized carbons (Fsp3) is 0.423. The van der Waals surface area contributed by atoms with Crippen LogP contribution in [0.15, 0.2) is 30.5 Å². The minimum absolute atomic E-state index is 0.344. The third-order valence-corrected chi connectivity index (χ3v) is 6.96. The number of nitrogens with one attached hydrogen (secondary N) is 1. The lowest BCUT2D eigenvalue weighted by Crippen LogP contribution is -2.36. The number of pyridine rings is 1. The lowest BCUT2D eigenvalue weighted by atomic mass is 9.87. The van der Waals surface area contributed by atoms with Crippen molar-refractivity contribution in [2.75, 3.05) is 13.1 Å². The Labute approximate surface area is 193 Å². The van der Waals surface area contributed by atoms with Gasteiger partial charge in [-0.15, -0.1) is 0 Å². The van der Waals surface area contributed by atoms with E-state index in [1.165, 1.54) is 27.0 Å². The van der Waals surface area contributed by atoms with Crippen molar-refractivity contribution < 1.29 is 9.90 Å². The van der Waals surface area contributed by atoms with Crippen LogP contribution in [0.4, 0.5) is 4.79 Å². The number of aryl methyl sites for hydroxylation is 2. The summed E-state index contributed by atoms with van der Waals surface area (Å²) in [5.41, 5.74) is 8.13. The summed E-state index contributed by atoms with van der Waals surface area (Å²) in [4.78, 5) is 21.1. The van der Waals surface area contributed by atoms with Crippen LogP contribution in [-0.2, 0) is 6.42 Å². The highest BCUT2D eigenvalue weighted by molar-refractivity contribution is 5.92. The zero-order chi connectivity index (χ0) is 23.3. The van der Waals surface area contributed by atoms with Gasteiger partial charge in [0.15, 0.2) is 5.65 Å². The second-order valence-corrected chi connectivity index (χ2v) is 9.45. The summed E-state index contributed by atoms with van der Waals surface area (Å²) in [5.74, 6) is 1.52. The minimum Gasteiger partial charge on any atom is -0.465 e. The number of amides is 1. The van der Waals surface area contributed by atoms with Gasteiger partial charge in [0.25, 0.3) is 0 Å². The topological polar surface area (TPSA) is 86.5 Å². The maximum atomic E-state index is 11.3. The van der Waals surface area contributed by atoms with E-state index in [1.807, 2.05) is 11.4 Å². The number of benzene rings is 1. The van der Waals surface area contributed by atoms with E-state index in [-0.39, 0.29) is 0 Å². The molecule has 0 bridgehead atoms. The van der Waals surface area contributed by atoms with Gasteiger partial charge in [0.2, 0.25) is 0 Å². The van der Waals surface area contributed by atoms with Crippen LogP contribution >= 0.6 is 0 Å². The SMILES string of the molecule is CCc1cc(-c2[nH]c3ccc(C4CCN(C(=O)O)CC4)cc3c2C(C)C)cn2nc(C)nc12. The first kappa shape index (κ1) is 21.5. The number of nitrogens with zero attached hydrogens (tertiary/aromatic N) is 4. The zero-order valence-electron chi connectivity index (χ0n) is 19.7. The predicted molar refractivity (Wildman–Crippen MR) is 130 cm³/mol. The number of hydrogen-bond acceptors (Lipinski definition) is 3. The van der Waals surface area contributed by atoms with E-state index in [4.69, 9.17) is 0 Å². The van der Waals surface area contributed by atoms with E-state index in [0.29, 0.717) is 24.9 Å². The number of piperidine rings is 1. The normalized spacial score (nSPS) is 15.2. The number of likely N-dealkylation sites (tertiary alicyclic amines) is 1. The molecule has 0 radical (unpaired) electrons. The Balaban J connectivity index is 1.59. The standard InChI is InChI=1S/C26H31N5O2/c1-5-17-12-20(14-31-25(17)27-16(4)29-31)24-23(15(2)3)21-13-19(6-7-22(21)28-24)18-8-10-30(11-9-18)26(32)33/h6-7,12-15,18,28H,5,8-11H2,1-4H3,(H,32,33). The summed E-state index contributed by atoms with van der Waals surface area (Å²) in [6.45, 7) is 9.76. The molecule has 1 aliphatic heterocycles. The van der Waals surface area contributed by atoms with Crippen molar-refractivity contribution in [3.63, 3.8) is 0 Å². The van der Waals surface area contributed by atoms with Crippen molar-refractivity contribution >= 4 is 22.6 Å². The molecular weight excluding hydrogens is 414 g/mol. The van der Waals surface area contributed by atoms with Crippen molar-refractivity contribution in [2.45, 2.75) is 58.8 Å². The van der Waals surface area contributed by atoms with Crippen LogP contribution in [-0.4, -0.2) is 48.8 Å². The molecule has 1 aliphatic rings. The Morgan fingerprint density at radius 2 is 2.00 bits per heavy atom. The Morgan fingerprint density at radius 1 is 1.24 bits per heavy atom. The zero-order valence-corrected chi connectivity index (χ0v) is 19.7. The van der Waals surface area contributed by atoms with Gasteiger partial charge in [-0.25, -0.2) is 14.3 Å². The molecule has 172 valence electrons. The van der Waals surface area contributed by atoms with E-state index in [1.54, 1.807) is 0 Å². The molecule has 1 aromatic carbocycles. The second-order valence-electron chi connectivity index (χ2n) is 9.45. The predicted octanol–water partition coefficient (Wildman–Crippen LogP) is 5.73. The Kier molecular flexibility index (Phi) is 5.35. The van der Waals surface area contributed by atoms with Gasteiger partial charge in [0, 0.05) is 35.8 Å². The Bertz CT molecular complexity index is 1340. The van der Waals surface area contributed by atoms with Crippen molar-refractivity contribution in [3.8, 4) is 11.3 Å². The van der Waals surface area contributed by atoms with Crippen LogP contribution in [0.5, 0.6) is 0 Å². The van der Waals surface area contributed by atoms with E-state index in [9.17, 15) is 9.90 Å². The van der Waals surface area contributed by atoms with Gasteiger partial charge in [-0.1, -0.05) is 26.8 Å². The van der Waals surface area contributed by atoms with Gasteiger partial charge in [-0.3, -0.25) is 0 Å². The molecule has 7 heteroatoms. The molecule has 0 aliphatic carbocycles. The highest BCUT2D eigenvalue weighted by Gasteiger charge is 2.25. The lowest BCUT2D eigenvalue weighted by molar-refractivity contribution is 0.132. The van der Waals surface area contributed by atoms with Crippen molar-refractivity contribution in [1.29, 1.82) is 0 Å². The molecule has 0 spiro atoms. The monoisotopic (exact) mass is 445 g/mol. The maximum absolute atomic E-state index is 11.3. The van der Waals surface area contributed by atoms with Gasteiger partial charge < -0.3 is 15.0 Å². The van der Waals surface area contributed by atoms with Gasteiger partial charge in [0.05, 0.1) is 5.69 Å². The number of hydrogen-bond donors (Lipinski definition) is 2. The number of carboxylic acid groups (broad SMARTS) is 1. The Hall–Kier alpha value is -3.35. The fourth-order valence-electron chi connectivity index (χ4n) is 5.27. The number of aromatic nitrogens is 4. The summed E-state index contributed by atoms with van der Waals surface area (Å²) in [6.07, 6.45) is 3.90. The maximum Gasteiger partial charge on any atom is 0.407 e. The van der Waals surface area contributed by atoms with Gasteiger partial charge in [-0.2, -0.15) is 5.10 Å². The number of rotatable bonds is 4. The molecular formula is C26H31N5O2. The van der Waals surface area contributed by atoms with Crippen molar-refractivity contribution in [2.24, 2.45) is 0 Å². The number of aromatic amines is 1. The van der Waals surface area contributed by atoms with Crippen LogP contribution in [0, 0.1) is 6.92 Å². The van der Waals surface area contributed by atoms with Crippen LogP contribution in [0.25, 0.3) is 27.8 Å². The molecule has 2 N–H and O–H groups in total. The molecule has 33 heavy (non-hydrogen) atoms. The molecule has 0 unspecified atom stereocenters. The lowest BCUT2D eigenvalue weighted by Gasteiger charge is -2.30. The van der Waals surface area contributed by atoms with E-state index >= 15 is 0 Å². The summed E-state index contributed by atoms with van der Waals surface area (Å²) < 4.78 is 1.90. The summed E-state index contributed by atoms with van der Waals surface area (Å²) in [5, 5.41) is 15.1. The van der Waals surface area contributed by atoms with Gasteiger partial charge >= 0.3 is 6.09 Å². The first-order chi connectivity index (χ1) is 15.9. The average Bonchev–Trinajstić information content (AvgIpc) is 3.37.